The van der Waals surface area contributed by atoms with E-state index in [4.69, 9.17) is 0 Å². The quantitative estimate of drug-likeness (QED) is 0.662. The van der Waals surface area contributed by atoms with Gasteiger partial charge in [-0.05, 0) is 38.2 Å². The Hall–Kier alpha value is -1.84. The first-order chi connectivity index (χ1) is 11.1. The summed E-state index contributed by atoms with van der Waals surface area (Å²) in [7, 11) is 0. The first-order valence-corrected chi connectivity index (χ1v) is 8.56. The number of nitrogens with zero attached hydrogens (tertiary/aromatic N) is 3. The molecule has 4 heteroatoms. The number of hydrogen-bond acceptors (Lipinski definition) is 2. The maximum absolute atomic E-state index is 12.4. The molecule has 0 radical (unpaired) electrons. The predicted molar refractivity (Wildman–Crippen MR) is 96.2 cm³/mol. The molecule has 0 fully saturated rings. The largest absolute Gasteiger partial charge is 0.343 e. The van der Waals surface area contributed by atoms with E-state index in [1.54, 1.807) is 6.08 Å². The molecule has 0 bridgehead atoms. The number of hydrogen-bond donors (Lipinski definition) is 0. The van der Waals surface area contributed by atoms with Crippen LogP contribution >= 0.6 is 0 Å². The summed E-state index contributed by atoms with van der Waals surface area (Å²) in [6.45, 7) is 11.3. The van der Waals surface area contributed by atoms with Gasteiger partial charge in [-0.3, -0.25) is 0 Å². The zero-order chi connectivity index (χ0) is 16.8. The minimum absolute atomic E-state index is 0.460. The van der Waals surface area contributed by atoms with Crippen molar-refractivity contribution in [3.8, 4) is 0 Å². The van der Waals surface area contributed by atoms with Gasteiger partial charge in [0.15, 0.2) is 0 Å². The van der Waals surface area contributed by atoms with Gasteiger partial charge in [-0.15, -0.1) is 0 Å². The van der Waals surface area contributed by atoms with Crippen LogP contribution in [0.3, 0.4) is 0 Å². The Bertz CT molecular complexity index is 598. The molecule has 23 heavy (non-hydrogen) atoms. The lowest BCUT2D eigenvalue weighted by atomic mass is 9.99. The van der Waals surface area contributed by atoms with E-state index in [2.05, 4.69) is 30.4 Å². The average Bonchev–Trinajstić information content (AvgIpc) is 2.99. The third-order valence-corrected chi connectivity index (χ3v) is 4.49. The van der Waals surface area contributed by atoms with Gasteiger partial charge in [0.1, 0.15) is 6.67 Å². The number of allylic oxidation sites excluding steroid dienone is 5. The van der Waals surface area contributed by atoms with E-state index in [-0.39, 0.29) is 0 Å². The van der Waals surface area contributed by atoms with Crippen LogP contribution in [-0.2, 0) is 6.42 Å². The average molecular weight is 317 g/mol. The van der Waals surface area contributed by atoms with E-state index >= 15 is 0 Å². The summed E-state index contributed by atoms with van der Waals surface area (Å²) in [6.07, 6.45) is 11.6. The first kappa shape index (κ1) is 17.5. The molecular weight excluding hydrogens is 289 g/mol. The highest BCUT2D eigenvalue weighted by Crippen LogP contribution is 2.34. The number of fused-ring (bicyclic) bond motifs is 1. The van der Waals surface area contributed by atoms with Crippen molar-refractivity contribution >= 4 is 11.4 Å². The number of halogens is 1. The summed E-state index contributed by atoms with van der Waals surface area (Å²) in [5.41, 5.74) is 4.43. The normalized spacial score (nSPS) is 16.7. The van der Waals surface area contributed by atoms with Crippen molar-refractivity contribution in [1.29, 1.82) is 0 Å². The second kappa shape index (κ2) is 8.14. The fourth-order valence-electron chi connectivity index (χ4n) is 3.19. The molecule has 126 valence electrons. The highest BCUT2D eigenvalue weighted by atomic mass is 19.1. The predicted octanol–water partition coefficient (Wildman–Crippen LogP) is 4.97. The number of anilines is 1. The van der Waals surface area contributed by atoms with Gasteiger partial charge >= 0.3 is 0 Å². The van der Waals surface area contributed by atoms with Crippen LogP contribution < -0.4 is 4.90 Å². The number of aromatic nitrogens is 2. The van der Waals surface area contributed by atoms with Gasteiger partial charge in [0.25, 0.3) is 0 Å². The van der Waals surface area contributed by atoms with Crippen molar-refractivity contribution in [3.63, 3.8) is 0 Å². The summed E-state index contributed by atoms with van der Waals surface area (Å²) < 4.78 is 14.4. The lowest BCUT2D eigenvalue weighted by molar-refractivity contribution is 0.561. The summed E-state index contributed by atoms with van der Waals surface area (Å²) in [6, 6.07) is 0. The third kappa shape index (κ3) is 3.74. The highest BCUT2D eigenvalue weighted by Gasteiger charge is 2.25. The molecule has 0 amide bonds. The summed E-state index contributed by atoms with van der Waals surface area (Å²) in [5, 5.41) is 4.55. The molecule has 1 unspecified atom stereocenters. The molecular formula is C19H28FN3. The fourth-order valence-corrected chi connectivity index (χ4v) is 3.19. The molecule has 0 saturated heterocycles. The van der Waals surface area contributed by atoms with Crippen molar-refractivity contribution in [1.82, 2.24) is 9.78 Å². The molecule has 1 atom stereocenters. The molecule has 0 saturated carbocycles. The molecule has 0 aliphatic carbocycles. The third-order valence-electron chi connectivity index (χ3n) is 4.49. The van der Waals surface area contributed by atoms with E-state index in [9.17, 15) is 4.39 Å². The zero-order valence-corrected chi connectivity index (χ0v) is 14.6. The van der Waals surface area contributed by atoms with Gasteiger partial charge in [0, 0.05) is 12.2 Å². The van der Waals surface area contributed by atoms with Gasteiger partial charge in [0.05, 0.1) is 23.3 Å². The Labute approximate surface area is 139 Å². The molecule has 1 aromatic heterocycles. The number of alkyl halides is 1. The van der Waals surface area contributed by atoms with Gasteiger partial charge in [0.2, 0.25) is 0 Å². The van der Waals surface area contributed by atoms with Crippen molar-refractivity contribution in [3.05, 3.63) is 42.4 Å². The number of rotatable bonds is 7. The van der Waals surface area contributed by atoms with Crippen molar-refractivity contribution < 1.29 is 4.39 Å². The standard InChI is InChI=1S/C19H28FN3/c1-5-9-15(3)16(4)22-13-8-11-18-19(22)14-21-23(18)17(6-2)10-7-12-20/h6-7,10,14-15H,4-5,8-9,11-13H2,1-3H3/b10-7-,17-6+. The fraction of sp³-hybridized carbons (Fsp3) is 0.526. The maximum Gasteiger partial charge on any atom is 0.108 e. The topological polar surface area (TPSA) is 21.1 Å². The smallest absolute Gasteiger partial charge is 0.108 e. The second-order valence-corrected chi connectivity index (χ2v) is 6.09. The van der Waals surface area contributed by atoms with E-state index in [1.165, 1.54) is 17.5 Å². The Kier molecular flexibility index (Phi) is 6.20. The van der Waals surface area contributed by atoms with Gasteiger partial charge in [-0.2, -0.15) is 5.10 Å². The van der Waals surface area contributed by atoms with Gasteiger partial charge < -0.3 is 4.90 Å². The van der Waals surface area contributed by atoms with Crippen molar-refractivity contribution in [2.24, 2.45) is 5.92 Å². The summed E-state index contributed by atoms with van der Waals surface area (Å²) >= 11 is 0. The molecule has 1 aromatic rings. The molecule has 2 heterocycles. The van der Waals surface area contributed by atoms with Crippen LogP contribution in [0.5, 0.6) is 0 Å². The van der Waals surface area contributed by atoms with Gasteiger partial charge in [-0.25, -0.2) is 9.07 Å². The maximum atomic E-state index is 12.4. The Morgan fingerprint density at radius 3 is 2.96 bits per heavy atom. The second-order valence-electron chi connectivity index (χ2n) is 6.09. The Morgan fingerprint density at radius 1 is 1.52 bits per heavy atom. The lowest BCUT2D eigenvalue weighted by Gasteiger charge is -2.33. The molecule has 2 rings (SSSR count). The molecule has 1 aliphatic heterocycles. The van der Waals surface area contributed by atoms with Crippen LogP contribution in [-0.4, -0.2) is 23.0 Å². The minimum atomic E-state index is -0.460. The van der Waals surface area contributed by atoms with Crippen LogP contribution in [0.4, 0.5) is 10.1 Å². The highest BCUT2D eigenvalue weighted by molar-refractivity contribution is 5.64. The first-order valence-electron chi connectivity index (χ1n) is 8.56. The molecule has 0 spiro atoms. The summed E-state index contributed by atoms with van der Waals surface area (Å²) in [4.78, 5) is 2.31. The van der Waals surface area contributed by atoms with Gasteiger partial charge in [-0.1, -0.05) is 39.0 Å². The van der Waals surface area contributed by atoms with Crippen LogP contribution in [0, 0.1) is 5.92 Å². The van der Waals surface area contributed by atoms with E-state index in [1.807, 2.05) is 23.9 Å². The summed E-state index contributed by atoms with van der Waals surface area (Å²) in [5.74, 6) is 0.474. The molecule has 1 aliphatic rings. The SMILES string of the molecule is C=C(C(C)CCC)N1CCCc2c1cnn2C(/C=C\CF)=C/C. The van der Waals surface area contributed by atoms with E-state index in [0.717, 1.165) is 43.6 Å². The van der Waals surface area contributed by atoms with E-state index < -0.39 is 6.67 Å². The molecule has 3 nitrogen and oxygen atoms in total. The monoisotopic (exact) mass is 317 g/mol. The Balaban J connectivity index is 2.31. The van der Waals surface area contributed by atoms with Crippen molar-refractivity contribution in [2.75, 3.05) is 18.1 Å². The van der Waals surface area contributed by atoms with Crippen LogP contribution in [0.25, 0.3) is 5.70 Å². The Morgan fingerprint density at radius 2 is 2.30 bits per heavy atom. The van der Waals surface area contributed by atoms with E-state index in [0.29, 0.717) is 5.92 Å². The lowest BCUT2D eigenvalue weighted by Crippen LogP contribution is -2.31. The molecule has 0 aromatic carbocycles. The van der Waals surface area contributed by atoms with Crippen molar-refractivity contribution in [2.45, 2.75) is 46.5 Å². The zero-order valence-electron chi connectivity index (χ0n) is 14.6. The van der Waals surface area contributed by atoms with Crippen LogP contribution in [0.2, 0.25) is 0 Å². The van der Waals surface area contributed by atoms with Crippen LogP contribution in [0.1, 0.15) is 45.7 Å². The van der Waals surface area contributed by atoms with Crippen LogP contribution in [0.15, 0.2) is 36.7 Å². The minimum Gasteiger partial charge on any atom is -0.343 e. The molecule has 0 N–H and O–H groups in total.